The van der Waals surface area contributed by atoms with E-state index in [0.717, 1.165) is 70.5 Å². The SMILES string of the molecule is Cc1ccc(C(=O)N(CCN2CCOCC2)c2nc3c(C)cc(C)cc3s2)c(C)c1. The lowest BCUT2D eigenvalue weighted by molar-refractivity contribution is 0.0391. The highest BCUT2D eigenvalue weighted by molar-refractivity contribution is 7.22. The number of hydrogen-bond acceptors (Lipinski definition) is 5. The number of thiazole rings is 1. The molecule has 3 aromatic rings. The van der Waals surface area contributed by atoms with Crippen molar-refractivity contribution >= 4 is 32.6 Å². The lowest BCUT2D eigenvalue weighted by atomic mass is 10.0. The summed E-state index contributed by atoms with van der Waals surface area (Å²) >= 11 is 1.60. The Hall–Kier alpha value is -2.28. The average molecular weight is 424 g/mol. The number of nitrogens with zero attached hydrogens (tertiary/aromatic N) is 3. The standard InChI is InChI=1S/C24H29N3O2S/c1-16-5-6-20(18(3)13-16)23(28)27(8-7-26-9-11-29-12-10-26)24-25-22-19(4)14-17(2)15-21(22)30-24/h5-6,13-15H,7-12H2,1-4H3. The van der Waals surface area contributed by atoms with Crippen LogP contribution in [0.2, 0.25) is 0 Å². The number of benzene rings is 2. The molecule has 2 heterocycles. The van der Waals surface area contributed by atoms with Crippen molar-refractivity contribution in [1.29, 1.82) is 0 Å². The molecule has 0 aliphatic carbocycles. The van der Waals surface area contributed by atoms with Crippen molar-refractivity contribution in [3.63, 3.8) is 0 Å². The van der Waals surface area contributed by atoms with Crippen molar-refractivity contribution in [2.75, 3.05) is 44.3 Å². The minimum Gasteiger partial charge on any atom is -0.379 e. The molecule has 0 bridgehead atoms. The van der Waals surface area contributed by atoms with Gasteiger partial charge in [0.2, 0.25) is 0 Å². The molecule has 30 heavy (non-hydrogen) atoms. The number of morpholine rings is 1. The Kier molecular flexibility index (Phi) is 6.18. The Bertz CT molecular complexity index is 1070. The Morgan fingerprint density at radius 3 is 2.53 bits per heavy atom. The highest BCUT2D eigenvalue weighted by atomic mass is 32.1. The van der Waals surface area contributed by atoms with Crippen LogP contribution in [0.1, 0.15) is 32.6 Å². The summed E-state index contributed by atoms with van der Waals surface area (Å²) in [6.45, 7) is 13.0. The number of hydrogen-bond donors (Lipinski definition) is 0. The zero-order valence-corrected chi connectivity index (χ0v) is 19.0. The third-order valence-corrected chi connectivity index (χ3v) is 6.68. The smallest absolute Gasteiger partial charge is 0.260 e. The molecule has 0 N–H and O–H groups in total. The van der Waals surface area contributed by atoms with Gasteiger partial charge in [-0.15, -0.1) is 0 Å². The molecular formula is C24H29N3O2S. The predicted octanol–water partition coefficient (Wildman–Crippen LogP) is 4.51. The summed E-state index contributed by atoms with van der Waals surface area (Å²) in [5.74, 6) is 0.0224. The van der Waals surface area contributed by atoms with Crippen molar-refractivity contribution in [3.05, 3.63) is 58.1 Å². The molecular weight excluding hydrogens is 394 g/mol. The van der Waals surface area contributed by atoms with Crippen LogP contribution >= 0.6 is 11.3 Å². The Morgan fingerprint density at radius 1 is 1.07 bits per heavy atom. The fourth-order valence-electron chi connectivity index (χ4n) is 4.02. The van der Waals surface area contributed by atoms with Crippen molar-refractivity contribution in [2.24, 2.45) is 0 Å². The summed E-state index contributed by atoms with van der Waals surface area (Å²) in [4.78, 5) is 22.7. The first-order valence-electron chi connectivity index (χ1n) is 10.5. The monoisotopic (exact) mass is 423 g/mol. The van der Waals surface area contributed by atoms with Gasteiger partial charge in [0.25, 0.3) is 5.91 Å². The minimum atomic E-state index is 0.0224. The van der Waals surface area contributed by atoms with Gasteiger partial charge in [-0.25, -0.2) is 4.98 Å². The predicted molar refractivity (Wildman–Crippen MR) is 124 cm³/mol. The van der Waals surface area contributed by atoms with Crippen molar-refractivity contribution in [2.45, 2.75) is 27.7 Å². The molecule has 1 amide bonds. The van der Waals surface area contributed by atoms with Gasteiger partial charge in [0, 0.05) is 31.7 Å². The van der Waals surface area contributed by atoms with E-state index in [9.17, 15) is 4.79 Å². The van der Waals surface area contributed by atoms with Crippen LogP contribution in [0.25, 0.3) is 10.2 Å². The maximum atomic E-state index is 13.6. The number of aromatic nitrogens is 1. The number of carbonyl (C=O) groups excluding carboxylic acids is 1. The van der Waals surface area contributed by atoms with Crippen LogP contribution in [-0.4, -0.2) is 55.2 Å². The second-order valence-electron chi connectivity index (χ2n) is 8.15. The summed E-state index contributed by atoms with van der Waals surface area (Å²) in [6, 6.07) is 10.3. The van der Waals surface area contributed by atoms with Crippen LogP contribution in [0, 0.1) is 27.7 Å². The lowest BCUT2D eigenvalue weighted by Crippen LogP contribution is -2.43. The molecule has 0 unspecified atom stereocenters. The van der Waals surface area contributed by atoms with E-state index >= 15 is 0 Å². The summed E-state index contributed by atoms with van der Waals surface area (Å²) < 4.78 is 6.60. The van der Waals surface area contributed by atoms with Gasteiger partial charge in [-0.2, -0.15) is 0 Å². The van der Waals surface area contributed by atoms with E-state index in [1.54, 1.807) is 11.3 Å². The third kappa shape index (κ3) is 4.41. The summed E-state index contributed by atoms with van der Waals surface area (Å²) in [5.41, 5.74) is 6.27. The molecule has 5 nitrogen and oxygen atoms in total. The van der Waals surface area contributed by atoms with Gasteiger partial charge in [-0.3, -0.25) is 14.6 Å². The van der Waals surface area contributed by atoms with Crippen LogP contribution in [0.15, 0.2) is 30.3 Å². The van der Waals surface area contributed by atoms with E-state index in [1.165, 1.54) is 5.56 Å². The Morgan fingerprint density at radius 2 is 1.80 bits per heavy atom. The fraction of sp³-hybridized carbons (Fsp3) is 0.417. The highest BCUT2D eigenvalue weighted by Gasteiger charge is 2.24. The Balaban J connectivity index is 1.69. The lowest BCUT2D eigenvalue weighted by Gasteiger charge is -2.29. The third-order valence-electron chi connectivity index (χ3n) is 5.65. The molecule has 1 saturated heterocycles. The Labute approximate surface area is 182 Å². The second kappa shape index (κ2) is 8.84. The molecule has 0 atom stereocenters. The number of fused-ring (bicyclic) bond motifs is 1. The second-order valence-corrected chi connectivity index (χ2v) is 9.16. The quantitative estimate of drug-likeness (QED) is 0.606. The first kappa shape index (κ1) is 21.0. The van der Waals surface area contributed by atoms with E-state index in [4.69, 9.17) is 9.72 Å². The molecule has 0 saturated carbocycles. The van der Waals surface area contributed by atoms with Crippen LogP contribution < -0.4 is 4.90 Å². The first-order valence-corrected chi connectivity index (χ1v) is 11.3. The summed E-state index contributed by atoms with van der Waals surface area (Å²) in [6.07, 6.45) is 0. The van der Waals surface area contributed by atoms with Gasteiger partial charge in [-0.1, -0.05) is 35.1 Å². The van der Waals surface area contributed by atoms with Gasteiger partial charge < -0.3 is 4.74 Å². The van der Waals surface area contributed by atoms with Gasteiger partial charge in [-0.05, 0) is 56.5 Å². The molecule has 2 aromatic carbocycles. The van der Waals surface area contributed by atoms with Crippen LogP contribution in [0.4, 0.5) is 5.13 Å². The molecule has 1 aromatic heterocycles. The molecule has 1 aliphatic heterocycles. The molecule has 4 rings (SSSR count). The topological polar surface area (TPSA) is 45.7 Å². The molecule has 158 valence electrons. The molecule has 0 spiro atoms. The highest BCUT2D eigenvalue weighted by Crippen LogP contribution is 2.32. The van der Waals surface area contributed by atoms with Gasteiger partial charge >= 0.3 is 0 Å². The van der Waals surface area contributed by atoms with E-state index in [0.29, 0.717) is 6.54 Å². The fourth-order valence-corrected chi connectivity index (χ4v) is 5.19. The average Bonchev–Trinajstić information content (AvgIpc) is 3.13. The maximum Gasteiger partial charge on any atom is 0.260 e. The van der Waals surface area contributed by atoms with Crippen molar-refractivity contribution < 1.29 is 9.53 Å². The van der Waals surface area contributed by atoms with E-state index < -0.39 is 0 Å². The van der Waals surface area contributed by atoms with Crippen LogP contribution in [0.3, 0.4) is 0 Å². The molecule has 0 radical (unpaired) electrons. The molecule has 6 heteroatoms. The summed E-state index contributed by atoms with van der Waals surface area (Å²) in [5, 5.41) is 0.775. The number of rotatable bonds is 5. The largest absolute Gasteiger partial charge is 0.379 e. The van der Waals surface area contributed by atoms with Gasteiger partial charge in [0.05, 0.1) is 23.4 Å². The van der Waals surface area contributed by atoms with Gasteiger partial charge in [0.15, 0.2) is 5.13 Å². The van der Waals surface area contributed by atoms with E-state index in [-0.39, 0.29) is 5.91 Å². The molecule has 1 aliphatic rings. The number of anilines is 1. The number of amides is 1. The maximum absolute atomic E-state index is 13.6. The number of aryl methyl sites for hydroxylation is 4. The zero-order chi connectivity index (χ0) is 21.3. The van der Waals surface area contributed by atoms with E-state index in [1.807, 2.05) is 24.0 Å². The first-order chi connectivity index (χ1) is 14.4. The van der Waals surface area contributed by atoms with Crippen molar-refractivity contribution in [1.82, 2.24) is 9.88 Å². The minimum absolute atomic E-state index is 0.0224. The van der Waals surface area contributed by atoms with Crippen molar-refractivity contribution in [3.8, 4) is 0 Å². The van der Waals surface area contributed by atoms with Crippen LogP contribution in [0.5, 0.6) is 0 Å². The number of ether oxygens (including phenoxy) is 1. The normalized spacial score (nSPS) is 14.9. The summed E-state index contributed by atoms with van der Waals surface area (Å²) in [7, 11) is 0. The zero-order valence-electron chi connectivity index (χ0n) is 18.2. The molecule has 1 fully saturated rings. The van der Waals surface area contributed by atoms with Crippen LogP contribution in [-0.2, 0) is 4.74 Å². The van der Waals surface area contributed by atoms with E-state index in [2.05, 4.69) is 43.9 Å². The number of carbonyl (C=O) groups is 1. The van der Waals surface area contributed by atoms with Gasteiger partial charge in [0.1, 0.15) is 0 Å².